The van der Waals surface area contributed by atoms with Crippen LogP contribution in [0.4, 0.5) is 0 Å². The van der Waals surface area contributed by atoms with Gasteiger partial charge in [0.25, 0.3) is 0 Å². The van der Waals surface area contributed by atoms with Crippen molar-refractivity contribution in [3.8, 4) is 0 Å². The summed E-state index contributed by atoms with van der Waals surface area (Å²) in [5.74, 6) is 0.0935. The van der Waals surface area contributed by atoms with E-state index >= 15 is 0 Å². The molecule has 6 nitrogen and oxygen atoms in total. The molecule has 1 saturated carbocycles. The van der Waals surface area contributed by atoms with Crippen molar-refractivity contribution < 1.29 is 14.4 Å². The lowest BCUT2D eigenvalue weighted by atomic mass is 10.2. The lowest BCUT2D eigenvalue weighted by Crippen LogP contribution is -2.37. The minimum Gasteiger partial charge on any atom is -0.354 e. The smallest absolute Gasteiger partial charge is 0.223 e. The summed E-state index contributed by atoms with van der Waals surface area (Å²) in [4.78, 5) is 36.7. The van der Waals surface area contributed by atoms with Gasteiger partial charge in [0, 0.05) is 45.4 Å². The Kier molecular flexibility index (Phi) is 6.78. The number of nitrogens with zero attached hydrogens (tertiary/aromatic N) is 1. The van der Waals surface area contributed by atoms with Crippen molar-refractivity contribution in [3.63, 3.8) is 0 Å². The van der Waals surface area contributed by atoms with E-state index in [0.717, 1.165) is 18.4 Å². The van der Waals surface area contributed by atoms with Gasteiger partial charge in [-0.15, -0.1) is 0 Å². The summed E-state index contributed by atoms with van der Waals surface area (Å²) in [6.07, 6.45) is 2.20. The predicted octanol–water partition coefficient (Wildman–Crippen LogP) is 1.07. The molecular formula is C18H25N3O3. The molecule has 0 saturated heterocycles. The first-order valence-electron chi connectivity index (χ1n) is 8.40. The first-order valence-corrected chi connectivity index (χ1v) is 8.40. The number of nitrogens with one attached hydrogen (secondary N) is 2. The third-order valence-electron chi connectivity index (χ3n) is 3.96. The molecule has 0 radical (unpaired) electrons. The Balaban J connectivity index is 1.64. The van der Waals surface area contributed by atoms with Crippen LogP contribution >= 0.6 is 0 Å². The summed E-state index contributed by atoms with van der Waals surface area (Å²) in [5.41, 5.74) is 1.04. The molecule has 1 fully saturated rings. The molecule has 24 heavy (non-hydrogen) atoms. The van der Waals surface area contributed by atoms with Gasteiger partial charge < -0.3 is 15.5 Å². The van der Waals surface area contributed by atoms with Crippen LogP contribution in [-0.4, -0.2) is 42.3 Å². The third kappa shape index (κ3) is 6.40. The second-order valence-electron chi connectivity index (χ2n) is 6.09. The zero-order valence-electron chi connectivity index (χ0n) is 14.1. The van der Waals surface area contributed by atoms with Crippen LogP contribution < -0.4 is 10.6 Å². The summed E-state index contributed by atoms with van der Waals surface area (Å²) in [7, 11) is 0. The third-order valence-corrected chi connectivity index (χ3v) is 3.96. The molecule has 2 rings (SSSR count). The van der Waals surface area contributed by atoms with Crippen LogP contribution in [-0.2, 0) is 20.9 Å². The minimum absolute atomic E-state index is 0.0525. The average Bonchev–Trinajstić information content (AvgIpc) is 3.41. The molecule has 0 heterocycles. The van der Waals surface area contributed by atoms with Gasteiger partial charge >= 0.3 is 0 Å². The number of benzene rings is 1. The van der Waals surface area contributed by atoms with Gasteiger partial charge in [0.05, 0.1) is 0 Å². The minimum atomic E-state index is -0.116. The van der Waals surface area contributed by atoms with Crippen molar-refractivity contribution in [1.29, 1.82) is 0 Å². The van der Waals surface area contributed by atoms with Crippen molar-refractivity contribution in [3.05, 3.63) is 35.9 Å². The Morgan fingerprint density at radius 3 is 2.38 bits per heavy atom. The molecule has 2 N–H and O–H groups in total. The molecule has 1 aromatic rings. The molecule has 6 heteroatoms. The average molecular weight is 331 g/mol. The fraction of sp³-hybridized carbons (Fsp3) is 0.500. The maximum atomic E-state index is 11.9. The lowest BCUT2D eigenvalue weighted by molar-refractivity contribution is -0.130. The first-order chi connectivity index (χ1) is 11.6. The van der Waals surface area contributed by atoms with E-state index in [4.69, 9.17) is 0 Å². The highest BCUT2D eigenvalue weighted by Crippen LogP contribution is 2.28. The Labute approximate surface area is 142 Å². The van der Waals surface area contributed by atoms with Crippen molar-refractivity contribution in [2.75, 3.05) is 19.6 Å². The SMILES string of the molecule is CC(=O)N(CCC(=O)NCCNC(=O)C1CC1)Cc1ccccc1. The largest absolute Gasteiger partial charge is 0.354 e. The van der Waals surface area contributed by atoms with Crippen LogP contribution in [0.1, 0.15) is 31.7 Å². The van der Waals surface area contributed by atoms with Gasteiger partial charge in [-0.3, -0.25) is 14.4 Å². The molecule has 0 atom stereocenters. The van der Waals surface area contributed by atoms with Crippen molar-refractivity contribution in [2.45, 2.75) is 32.7 Å². The molecule has 0 aliphatic heterocycles. The fourth-order valence-corrected chi connectivity index (χ4v) is 2.35. The summed E-state index contributed by atoms with van der Waals surface area (Å²) in [5, 5.41) is 5.56. The number of hydrogen-bond acceptors (Lipinski definition) is 3. The zero-order valence-corrected chi connectivity index (χ0v) is 14.1. The van der Waals surface area contributed by atoms with Gasteiger partial charge in [0.15, 0.2) is 0 Å². The van der Waals surface area contributed by atoms with Gasteiger partial charge in [0.2, 0.25) is 17.7 Å². The van der Waals surface area contributed by atoms with E-state index in [0.29, 0.717) is 26.2 Å². The molecule has 0 unspecified atom stereocenters. The fourth-order valence-electron chi connectivity index (χ4n) is 2.35. The van der Waals surface area contributed by atoms with E-state index in [1.54, 1.807) is 4.90 Å². The van der Waals surface area contributed by atoms with Crippen LogP contribution in [0, 0.1) is 5.92 Å². The maximum Gasteiger partial charge on any atom is 0.223 e. The highest BCUT2D eigenvalue weighted by molar-refractivity contribution is 5.81. The highest BCUT2D eigenvalue weighted by atomic mass is 16.2. The Hall–Kier alpha value is -2.37. The van der Waals surface area contributed by atoms with Crippen LogP contribution in [0.15, 0.2) is 30.3 Å². The summed E-state index contributed by atoms with van der Waals surface area (Å²) in [6.45, 7) is 3.25. The molecule has 0 bridgehead atoms. The predicted molar refractivity (Wildman–Crippen MR) is 90.9 cm³/mol. The Morgan fingerprint density at radius 2 is 1.75 bits per heavy atom. The van der Waals surface area contributed by atoms with Crippen LogP contribution in [0.5, 0.6) is 0 Å². The summed E-state index contributed by atoms with van der Waals surface area (Å²) >= 11 is 0. The number of hydrogen-bond donors (Lipinski definition) is 2. The summed E-state index contributed by atoms with van der Waals surface area (Å²) in [6, 6.07) is 9.70. The molecule has 0 aromatic heterocycles. The second-order valence-corrected chi connectivity index (χ2v) is 6.09. The van der Waals surface area contributed by atoms with Crippen LogP contribution in [0.2, 0.25) is 0 Å². The second kappa shape index (κ2) is 9.05. The monoisotopic (exact) mass is 331 g/mol. The molecule has 1 aliphatic rings. The maximum absolute atomic E-state index is 11.9. The first kappa shape index (κ1) is 18.0. The van der Waals surface area contributed by atoms with Crippen molar-refractivity contribution in [1.82, 2.24) is 15.5 Å². The zero-order chi connectivity index (χ0) is 17.4. The van der Waals surface area contributed by atoms with Gasteiger partial charge in [-0.25, -0.2) is 0 Å². The van der Waals surface area contributed by atoms with E-state index in [1.807, 2.05) is 30.3 Å². The number of rotatable bonds is 9. The number of carbonyl (C=O) groups is 3. The van der Waals surface area contributed by atoms with Crippen molar-refractivity contribution >= 4 is 17.7 Å². The van der Waals surface area contributed by atoms with Gasteiger partial charge in [-0.2, -0.15) is 0 Å². The van der Waals surface area contributed by atoms with Gasteiger partial charge in [-0.1, -0.05) is 30.3 Å². The molecule has 130 valence electrons. The lowest BCUT2D eigenvalue weighted by Gasteiger charge is -2.21. The van der Waals surface area contributed by atoms with E-state index < -0.39 is 0 Å². The van der Waals surface area contributed by atoms with Crippen molar-refractivity contribution in [2.24, 2.45) is 5.92 Å². The summed E-state index contributed by atoms with van der Waals surface area (Å²) < 4.78 is 0. The van der Waals surface area contributed by atoms with E-state index in [1.165, 1.54) is 6.92 Å². The molecular weight excluding hydrogens is 306 g/mol. The highest BCUT2D eigenvalue weighted by Gasteiger charge is 2.28. The standard InChI is InChI=1S/C18H25N3O3/c1-14(22)21(13-15-5-3-2-4-6-15)12-9-17(23)19-10-11-20-18(24)16-7-8-16/h2-6,16H,7-13H2,1H3,(H,19,23)(H,20,24). The number of amides is 3. The molecule has 3 amide bonds. The normalized spacial score (nSPS) is 13.2. The number of carbonyl (C=O) groups excluding carboxylic acids is 3. The molecule has 1 aromatic carbocycles. The van der Waals surface area contributed by atoms with E-state index in [-0.39, 0.29) is 30.1 Å². The van der Waals surface area contributed by atoms with E-state index in [2.05, 4.69) is 10.6 Å². The quantitative estimate of drug-likeness (QED) is 0.664. The van der Waals surface area contributed by atoms with Gasteiger partial charge in [-0.05, 0) is 18.4 Å². The topological polar surface area (TPSA) is 78.5 Å². The molecule has 1 aliphatic carbocycles. The molecule has 0 spiro atoms. The Bertz CT molecular complexity index is 570. The van der Waals surface area contributed by atoms with E-state index in [9.17, 15) is 14.4 Å². The van der Waals surface area contributed by atoms with Gasteiger partial charge in [0.1, 0.15) is 0 Å². The Morgan fingerprint density at radius 1 is 1.08 bits per heavy atom. The van der Waals surface area contributed by atoms with Crippen LogP contribution in [0.3, 0.4) is 0 Å². The van der Waals surface area contributed by atoms with Crippen LogP contribution in [0.25, 0.3) is 0 Å².